The zero-order chi connectivity index (χ0) is 15.6. The van der Waals surface area contributed by atoms with Crippen LogP contribution in [0, 0.1) is 0 Å². The van der Waals surface area contributed by atoms with Crippen LogP contribution < -0.4 is 0 Å². The van der Waals surface area contributed by atoms with Gasteiger partial charge in [0, 0.05) is 19.8 Å². The fourth-order valence-corrected chi connectivity index (χ4v) is 3.62. The van der Waals surface area contributed by atoms with E-state index in [1.54, 1.807) is 18.2 Å². The molecule has 0 aliphatic carbocycles. The predicted octanol–water partition coefficient (Wildman–Crippen LogP) is 3.86. The molecular weight excluding hydrogens is 355 g/mol. The van der Waals surface area contributed by atoms with E-state index in [0.717, 1.165) is 5.56 Å². The first kappa shape index (κ1) is 16.5. The first-order valence-corrected chi connectivity index (χ1v) is 8.40. The number of sulfonamides is 1. The van der Waals surface area contributed by atoms with Crippen molar-refractivity contribution in [1.29, 1.82) is 0 Å². The minimum absolute atomic E-state index is 0.0331. The second-order valence-electron chi connectivity index (χ2n) is 4.30. The molecular formula is C13H11Cl3N2O2S. The van der Waals surface area contributed by atoms with Crippen molar-refractivity contribution < 1.29 is 8.42 Å². The number of benzene rings is 1. The summed E-state index contributed by atoms with van der Waals surface area (Å²) in [7, 11) is -2.27. The Kier molecular flexibility index (Phi) is 5.11. The SMILES string of the molecule is CN(Cc1ccc(Cl)c(Cl)c1)S(=O)(=O)c1cccnc1Cl. The van der Waals surface area contributed by atoms with Crippen LogP contribution in [-0.4, -0.2) is 24.8 Å². The summed E-state index contributed by atoms with van der Waals surface area (Å²) in [5, 5.41) is 0.735. The molecule has 0 fully saturated rings. The zero-order valence-corrected chi connectivity index (χ0v) is 14.0. The number of hydrogen-bond acceptors (Lipinski definition) is 3. The van der Waals surface area contributed by atoms with E-state index in [4.69, 9.17) is 34.8 Å². The van der Waals surface area contributed by atoms with Gasteiger partial charge in [-0.25, -0.2) is 13.4 Å². The first-order valence-electron chi connectivity index (χ1n) is 5.83. The van der Waals surface area contributed by atoms with Gasteiger partial charge in [-0.2, -0.15) is 4.31 Å². The average Bonchev–Trinajstić information content (AvgIpc) is 2.43. The molecule has 0 unspecified atom stereocenters. The summed E-state index contributed by atoms with van der Waals surface area (Å²) in [6.07, 6.45) is 1.43. The van der Waals surface area contributed by atoms with Gasteiger partial charge in [-0.1, -0.05) is 40.9 Å². The number of halogens is 3. The number of pyridine rings is 1. The van der Waals surface area contributed by atoms with Crippen LogP contribution in [0.25, 0.3) is 0 Å². The van der Waals surface area contributed by atoms with Crippen LogP contribution in [0.15, 0.2) is 41.4 Å². The van der Waals surface area contributed by atoms with Gasteiger partial charge in [0.2, 0.25) is 10.0 Å². The maximum atomic E-state index is 12.5. The Morgan fingerprint density at radius 1 is 1.14 bits per heavy atom. The minimum Gasteiger partial charge on any atom is -0.243 e. The van der Waals surface area contributed by atoms with Gasteiger partial charge in [0.1, 0.15) is 10.0 Å². The van der Waals surface area contributed by atoms with Crippen molar-refractivity contribution in [2.45, 2.75) is 11.4 Å². The van der Waals surface area contributed by atoms with Crippen LogP contribution in [0.5, 0.6) is 0 Å². The Bertz CT molecular complexity index is 766. The Labute approximate surface area is 138 Å². The Morgan fingerprint density at radius 2 is 1.86 bits per heavy atom. The Morgan fingerprint density at radius 3 is 2.48 bits per heavy atom. The molecule has 0 saturated heterocycles. The lowest BCUT2D eigenvalue weighted by molar-refractivity contribution is 0.466. The van der Waals surface area contributed by atoms with Crippen LogP contribution >= 0.6 is 34.8 Å². The molecule has 2 aromatic rings. The first-order chi connectivity index (χ1) is 9.82. The van der Waals surface area contributed by atoms with Gasteiger partial charge in [0.25, 0.3) is 0 Å². The highest BCUT2D eigenvalue weighted by Gasteiger charge is 2.24. The van der Waals surface area contributed by atoms with Crippen LogP contribution in [-0.2, 0) is 16.6 Å². The molecule has 0 amide bonds. The summed E-state index contributed by atoms with van der Waals surface area (Å²) in [5.74, 6) is 0. The van der Waals surface area contributed by atoms with Crippen LogP contribution in [0.2, 0.25) is 15.2 Å². The topological polar surface area (TPSA) is 50.3 Å². The van der Waals surface area contributed by atoms with Crippen molar-refractivity contribution in [2.24, 2.45) is 0 Å². The molecule has 4 nitrogen and oxygen atoms in total. The van der Waals surface area contributed by atoms with E-state index in [2.05, 4.69) is 4.98 Å². The maximum absolute atomic E-state index is 12.5. The largest absolute Gasteiger partial charge is 0.246 e. The molecule has 0 spiro atoms. The van der Waals surface area contributed by atoms with E-state index in [9.17, 15) is 8.42 Å². The smallest absolute Gasteiger partial charge is 0.243 e. The van der Waals surface area contributed by atoms with Gasteiger partial charge in [-0.3, -0.25) is 0 Å². The Balaban J connectivity index is 2.29. The molecule has 0 aliphatic rings. The number of aromatic nitrogens is 1. The van der Waals surface area contributed by atoms with Gasteiger partial charge in [-0.05, 0) is 29.8 Å². The number of nitrogens with zero attached hydrogens (tertiary/aromatic N) is 2. The van der Waals surface area contributed by atoms with Gasteiger partial charge < -0.3 is 0 Å². The molecule has 0 aliphatic heterocycles. The van der Waals surface area contributed by atoms with Crippen molar-refractivity contribution in [3.8, 4) is 0 Å². The highest BCUT2D eigenvalue weighted by molar-refractivity contribution is 7.89. The summed E-state index contributed by atoms with van der Waals surface area (Å²) in [5.41, 5.74) is 0.718. The van der Waals surface area contributed by atoms with Gasteiger partial charge in [0.05, 0.1) is 10.0 Å². The standard InChI is InChI=1S/C13H11Cl3N2O2S/c1-18(8-9-4-5-10(14)11(15)7-9)21(19,20)12-3-2-6-17-13(12)16/h2-7H,8H2,1H3. The van der Waals surface area contributed by atoms with Crippen LogP contribution in [0.1, 0.15) is 5.56 Å². The van der Waals surface area contributed by atoms with Crippen molar-refractivity contribution in [3.63, 3.8) is 0 Å². The fraction of sp³-hybridized carbons (Fsp3) is 0.154. The molecule has 0 radical (unpaired) electrons. The third-order valence-electron chi connectivity index (χ3n) is 2.80. The third-order valence-corrected chi connectivity index (χ3v) is 5.79. The van der Waals surface area contributed by atoms with E-state index >= 15 is 0 Å². The lowest BCUT2D eigenvalue weighted by Gasteiger charge is -2.18. The van der Waals surface area contributed by atoms with Crippen molar-refractivity contribution in [3.05, 3.63) is 57.3 Å². The predicted molar refractivity (Wildman–Crippen MR) is 84.4 cm³/mol. The van der Waals surface area contributed by atoms with Crippen LogP contribution in [0.4, 0.5) is 0 Å². The Hall–Kier alpha value is -0.850. The summed E-state index contributed by atoms with van der Waals surface area (Å²) in [6, 6.07) is 7.89. The third kappa shape index (κ3) is 3.67. The molecule has 1 aromatic carbocycles. The van der Waals surface area contributed by atoms with Crippen molar-refractivity contribution >= 4 is 44.8 Å². The van der Waals surface area contributed by atoms with Gasteiger partial charge >= 0.3 is 0 Å². The lowest BCUT2D eigenvalue weighted by Crippen LogP contribution is -2.26. The number of hydrogen-bond donors (Lipinski definition) is 0. The van der Waals surface area contributed by atoms with Crippen molar-refractivity contribution in [2.75, 3.05) is 7.05 Å². The van der Waals surface area contributed by atoms with E-state index < -0.39 is 10.0 Å². The molecule has 0 atom stereocenters. The monoisotopic (exact) mass is 364 g/mol. The average molecular weight is 366 g/mol. The molecule has 2 rings (SSSR count). The van der Waals surface area contributed by atoms with E-state index in [1.807, 2.05) is 0 Å². The summed E-state index contributed by atoms with van der Waals surface area (Å²) < 4.78 is 26.1. The molecule has 0 bridgehead atoms. The lowest BCUT2D eigenvalue weighted by atomic mass is 10.2. The normalized spacial score (nSPS) is 11.9. The molecule has 0 saturated carbocycles. The summed E-state index contributed by atoms with van der Waals surface area (Å²) in [4.78, 5) is 3.75. The highest BCUT2D eigenvalue weighted by atomic mass is 35.5. The fourth-order valence-electron chi connectivity index (χ4n) is 1.71. The van der Waals surface area contributed by atoms with Crippen LogP contribution in [0.3, 0.4) is 0 Å². The quantitative estimate of drug-likeness (QED) is 0.773. The van der Waals surface area contributed by atoms with E-state index in [-0.39, 0.29) is 16.6 Å². The molecule has 112 valence electrons. The van der Waals surface area contributed by atoms with E-state index in [1.165, 1.54) is 29.7 Å². The van der Waals surface area contributed by atoms with Gasteiger partial charge in [-0.15, -0.1) is 0 Å². The van der Waals surface area contributed by atoms with E-state index in [0.29, 0.717) is 10.0 Å². The van der Waals surface area contributed by atoms with Crippen molar-refractivity contribution in [1.82, 2.24) is 9.29 Å². The molecule has 8 heteroatoms. The molecule has 1 aromatic heterocycles. The second kappa shape index (κ2) is 6.50. The summed E-state index contributed by atoms with van der Waals surface area (Å²) in [6.45, 7) is 0.143. The molecule has 0 N–H and O–H groups in total. The summed E-state index contributed by atoms with van der Waals surface area (Å²) >= 11 is 17.6. The maximum Gasteiger partial charge on any atom is 0.246 e. The second-order valence-corrected chi connectivity index (χ2v) is 7.49. The highest BCUT2D eigenvalue weighted by Crippen LogP contribution is 2.25. The molecule has 1 heterocycles. The van der Waals surface area contributed by atoms with Gasteiger partial charge in [0.15, 0.2) is 0 Å². The number of rotatable bonds is 4. The minimum atomic E-state index is -3.73. The molecule has 21 heavy (non-hydrogen) atoms. The zero-order valence-electron chi connectivity index (χ0n) is 10.9.